The molecule has 1 heterocycles. The normalized spacial score (nSPS) is 14.8. The third-order valence-corrected chi connectivity index (χ3v) is 3.84. The summed E-state index contributed by atoms with van der Waals surface area (Å²) in [6, 6.07) is 0. The molecule has 0 saturated heterocycles. The van der Waals surface area contributed by atoms with Crippen molar-refractivity contribution in [2.75, 3.05) is 6.61 Å². The van der Waals surface area contributed by atoms with Crippen LogP contribution in [0.2, 0.25) is 0 Å². The van der Waals surface area contributed by atoms with Crippen LogP contribution >= 0.6 is 15.9 Å². The van der Waals surface area contributed by atoms with Gasteiger partial charge in [-0.05, 0) is 42.1 Å². The molecule has 1 unspecified atom stereocenters. The van der Waals surface area contributed by atoms with Crippen molar-refractivity contribution in [3.8, 4) is 0 Å². The van der Waals surface area contributed by atoms with Crippen LogP contribution < -0.4 is 5.56 Å². The first-order valence-electron chi connectivity index (χ1n) is 6.29. The fourth-order valence-electron chi connectivity index (χ4n) is 1.77. The molecule has 1 aromatic heterocycles. The van der Waals surface area contributed by atoms with Gasteiger partial charge in [-0.15, -0.1) is 0 Å². The van der Waals surface area contributed by atoms with E-state index < -0.39 is 5.60 Å². The van der Waals surface area contributed by atoms with E-state index in [-0.39, 0.29) is 11.5 Å². The number of aromatic amines is 1. The predicted octanol–water partition coefficient (Wildman–Crippen LogP) is 3.32. The van der Waals surface area contributed by atoms with Gasteiger partial charge in [0.05, 0.1) is 5.69 Å². The highest BCUT2D eigenvalue weighted by molar-refractivity contribution is 9.10. The average Bonchev–Trinajstić information content (AvgIpc) is 2.32. The van der Waals surface area contributed by atoms with Crippen LogP contribution in [-0.2, 0) is 10.3 Å². The first-order valence-corrected chi connectivity index (χ1v) is 7.09. The van der Waals surface area contributed by atoms with E-state index in [4.69, 9.17) is 4.74 Å². The highest BCUT2D eigenvalue weighted by atomic mass is 79.9. The maximum Gasteiger partial charge on any atom is 0.265 e. The summed E-state index contributed by atoms with van der Waals surface area (Å²) in [7, 11) is 0. The standard InChI is InChI=1S/C13H21BrN2O2/c1-6-13(5,18-7-2)12-15-10(8(3)4)9(14)11(17)16-12/h8H,6-7H2,1-5H3,(H,15,16,17). The summed E-state index contributed by atoms with van der Waals surface area (Å²) in [5.41, 5.74) is 0.0781. The van der Waals surface area contributed by atoms with Gasteiger partial charge in [-0.25, -0.2) is 4.98 Å². The van der Waals surface area contributed by atoms with Crippen molar-refractivity contribution in [2.24, 2.45) is 0 Å². The lowest BCUT2D eigenvalue weighted by molar-refractivity contribution is -0.0394. The number of ether oxygens (including phenoxy) is 1. The Morgan fingerprint density at radius 3 is 2.50 bits per heavy atom. The minimum absolute atomic E-state index is 0.150. The predicted molar refractivity (Wildman–Crippen MR) is 75.9 cm³/mol. The van der Waals surface area contributed by atoms with E-state index >= 15 is 0 Å². The Hall–Kier alpha value is -0.680. The summed E-state index contributed by atoms with van der Waals surface area (Å²) in [6.07, 6.45) is 0.753. The van der Waals surface area contributed by atoms with Gasteiger partial charge in [0.1, 0.15) is 15.9 Å². The highest BCUT2D eigenvalue weighted by Crippen LogP contribution is 2.28. The monoisotopic (exact) mass is 316 g/mol. The summed E-state index contributed by atoms with van der Waals surface area (Å²) in [6.45, 7) is 10.5. The van der Waals surface area contributed by atoms with E-state index in [0.717, 1.165) is 12.1 Å². The largest absolute Gasteiger partial charge is 0.368 e. The summed E-state index contributed by atoms with van der Waals surface area (Å²) in [4.78, 5) is 19.3. The molecule has 0 fully saturated rings. The molecular weight excluding hydrogens is 296 g/mol. The minimum Gasteiger partial charge on any atom is -0.368 e. The van der Waals surface area contributed by atoms with Gasteiger partial charge in [0.15, 0.2) is 0 Å². The molecule has 4 nitrogen and oxygen atoms in total. The Bertz CT molecular complexity index is 471. The molecule has 1 rings (SSSR count). The number of H-pyrrole nitrogens is 1. The van der Waals surface area contributed by atoms with Crippen molar-refractivity contribution in [2.45, 2.75) is 52.6 Å². The van der Waals surface area contributed by atoms with Crippen LogP contribution in [0.5, 0.6) is 0 Å². The maximum absolute atomic E-state index is 11.9. The van der Waals surface area contributed by atoms with Crippen molar-refractivity contribution in [3.05, 3.63) is 26.3 Å². The maximum atomic E-state index is 11.9. The molecule has 1 N–H and O–H groups in total. The van der Waals surface area contributed by atoms with Crippen LogP contribution in [0.25, 0.3) is 0 Å². The molecule has 0 aromatic carbocycles. The summed E-state index contributed by atoms with van der Waals surface area (Å²) >= 11 is 3.30. The van der Waals surface area contributed by atoms with Crippen molar-refractivity contribution < 1.29 is 4.74 Å². The summed E-state index contributed by atoms with van der Waals surface area (Å²) < 4.78 is 6.26. The molecular formula is C13H21BrN2O2. The molecule has 0 aliphatic carbocycles. The van der Waals surface area contributed by atoms with E-state index in [1.165, 1.54) is 0 Å². The molecule has 102 valence electrons. The zero-order valence-electron chi connectivity index (χ0n) is 11.6. The SMILES string of the molecule is CCOC(C)(CC)c1nc(C(C)C)c(Br)c(=O)[nH]1. The van der Waals surface area contributed by atoms with Gasteiger partial charge in [-0.2, -0.15) is 0 Å². The van der Waals surface area contributed by atoms with Crippen molar-refractivity contribution in [1.82, 2.24) is 9.97 Å². The topological polar surface area (TPSA) is 55.0 Å². The number of hydrogen-bond donors (Lipinski definition) is 1. The number of hydrogen-bond acceptors (Lipinski definition) is 3. The third kappa shape index (κ3) is 3.01. The van der Waals surface area contributed by atoms with Gasteiger partial charge in [-0.1, -0.05) is 20.8 Å². The summed E-state index contributed by atoms with van der Waals surface area (Å²) in [5.74, 6) is 0.784. The molecule has 0 saturated carbocycles. The molecule has 0 amide bonds. The van der Waals surface area contributed by atoms with Gasteiger partial charge in [0.25, 0.3) is 5.56 Å². The molecule has 5 heteroatoms. The smallest absolute Gasteiger partial charge is 0.265 e. The quantitative estimate of drug-likeness (QED) is 0.906. The number of halogens is 1. The highest BCUT2D eigenvalue weighted by Gasteiger charge is 2.29. The van der Waals surface area contributed by atoms with Gasteiger partial charge in [0.2, 0.25) is 0 Å². The fraction of sp³-hybridized carbons (Fsp3) is 0.692. The van der Waals surface area contributed by atoms with Crippen LogP contribution in [0.3, 0.4) is 0 Å². The molecule has 0 spiro atoms. The molecule has 18 heavy (non-hydrogen) atoms. The molecule has 0 radical (unpaired) electrons. The lowest BCUT2D eigenvalue weighted by Gasteiger charge is -2.27. The zero-order valence-corrected chi connectivity index (χ0v) is 13.2. The second kappa shape index (κ2) is 5.97. The average molecular weight is 317 g/mol. The first kappa shape index (κ1) is 15.4. The van der Waals surface area contributed by atoms with E-state index in [0.29, 0.717) is 16.9 Å². The van der Waals surface area contributed by atoms with E-state index in [2.05, 4.69) is 25.9 Å². The Kier molecular flexibility index (Phi) is 5.10. The second-order valence-electron chi connectivity index (χ2n) is 4.79. The van der Waals surface area contributed by atoms with Crippen LogP contribution in [0.4, 0.5) is 0 Å². The minimum atomic E-state index is -0.543. The third-order valence-electron chi connectivity index (χ3n) is 3.07. The Morgan fingerprint density at radius 1 is 1.44 bits per heavy atom. The molecule has 1 atom stereocenters. The number of aromatic nitrogens is 2. The fourth-order valence-corrected chi connectivity index (χ4v) is 2.41. The van der Waals surface area contributed by atoms with Crippen LogP contribution in [0, 0.1) is 0 Å². The van der Waals surface area contributed by atoms with Crippen LogP contribution in [0.1, 0.15) is 58.5 Å². The van der Waals surface area contributed by atoms with Gasteiger partial charge >= 0.3 is 0 Å². The Labute approximate surface area is 116 Å². The van der Waals surface area contributed by atoms with Crippen LogP contribution in [-0.4, -0.2) is 16.6 Å². The molecule has 0 bridgehead atoms. The number of rotatable bonds is 5. The van der Waals surface area contributed by atoms with Gasteiger partial charge in [-0.3, -0.25) is 4.79 Å². The Morgan fingerprint density at radius 2 is 2.06 bits per heavy atom. The summed E-state index contributed by atoms with van der Waals surface area (Å²) in [5, 5.41) is 0. The van der Waals surface area contributed by atoms with Crippen molar-refractivity contribution in [1.29, 1.82) is 0 Å². The second-order valence-corrected chi connectivity index (χ2v) is 5.58. The Balaban J connectivity index is 3.38. The number of nitrogens with one attached hydrogen (secondary N) is 1. The lowest BCUT2D eigenvalue weighted by Crippen LogP contribution is -2.31. The van der Waals surface area contributed by atoms with E-state index in [9.17, 15) is 4.79 Å². The van der Waals surface area contributed by atoms with Crippen molar-refractivity contribution >= 4 is 15.9 Å². The molecule has 1 aromatic rings. The first-order chi connectivity index (χ1) is 8.35. The van der Waals surface area contributed by atoms with Gasteiger partial charge < -0.3 is 9.72 Å². The molecule has 0 aliphatic rings. The number of nitrogens with zero attached hydrogens (tertiary/aromatic N) is 1. The van der Waals surface area contributed by atoms with Crippen LogP contribution in [0.15, 0.2) is 9.27 Å². The molecule has 0 aliphatic heterocycles. The van der Waals surface area contributed by atoms with Crippen molar-refractivity contribution in [3.63, 3.8) is 0 Å². The lowest BCUT2D eigenvalue weighted by atomic mass is 10.0. The van der Waals surface area contributed by atoms with E-state index in [1.54, 1.807) is 0 Å². The van der Waals surface area contributed by atoms with E-state index in [1.807, 2.05) is 34.6 Å². The van der Waals surface area contributed by atoms with Gasteiger partial charge in [0, 0.05) is 6.61 Å². The zero-order chi connectivity index (χ0) is 13.9.